The van der Waals surface area contributed by atoms with E-state index in [0.717, 1.165) is 10.9 Å². The zero-order chi connectivity index (χ0) is 28.2. The molecule has 1 saturated heterocycles. The summed E-state index contributed by atoms with van der Waals surface area (Å²) in [6, 6.07) is 0. The van der Waals surface area contributed by atoms with E-state index in [1.807, 2.05) is 0 Å². The second kappa shape index (κ2) is 10.0. The van der Waals surface area contributed by atoms with E-state index in [4.69, 9.17) is 28.6 Å². The summed E-state index contributed by atoms with van der Waals surface area (Å²) in [5.41, 5.74) is 5.36. The third-order valence-electron chi connectivity index (χ3n) is 6.11. The molecular formula is C18H21N9O11P2. The maximum absolute atomic E-state index is 13.1. The fourth-order valence-electron chi connectivity index (χ4n) is 4.37. The molecule has 6 heterocycles. The number of phosphoric ester groups is 2. The average molecular weight is 601 g/mol. The van der Waals surface area contributed by atoms with Crippen molar-refractivity contribution in [3.63, 3.8) is 0 Å². The molecule has 0 aromatic carbocycles. The number of nitrogens with zero attached hydrogens (tertiary/aromatic N) is 7. The Morgan fingerprint density at radius 3 is 2.75 bits per heavy atom. The normalized spacial score (nSPS) is 32.1. The number of rotatable bonds is 1. The maximum atomic E-state index is 13.1. The molecule has 40 heavy (non-hydrogen) atoms. The minimum Gasteiger partial charge on any atom is -0.387 e. The molecule has 22 heteroatoms. The predicted octanol–water partition coefficient (Wildman–Crippen LogP) is -1.05. The van der Waals surface area contributed by atoms with Crippen LogP contribution in [0.1, 0.15) is 12.1 Å². The van der Waals surface area contributed by atoms with Crippen LogP contribution in [0.25, 0.3) is 22.3 Å². The first-order valence-corrected chi connectivity index (χ1v) is 14.5. The van der Waals surface area contributed by atoms with E-state index in [9.17, 15) is 28.8 Å². The lowest BCUT2D eigenvalue weighted by Gasteiger charge is -2.24. The van der Waals surface area contributed by atoms with Gasteiger partial charge in [0.1, 0.15) is 42.6 Å². The van der Waals surface area contributed by atoms with E-state index in [0.29, 0.717) is 11.2 Å². The van der Waals surface area contributed by atoms with Gasteiger partial charge in [-0.2, -0.15) is 4.98 Å². The van der Waals surface area contributed by atoms with Crippen LogP contribution in [0.15, 0.2) is 23.6 Å². The average Bonchev–Trinajstić information content (AvgIpc) is 3.55. The second-order valence-electron chi connectivity index (χ2n) is 8.65. The number of phosphoric acid groups is 2. The number of hydrogen-bond acceptors (Lipinski definition) is 15. The van der Waals surface area contributed by atoms with Crippen molar-refractivity contribution >= 4 is 43.9 Å². The first-order valence-electron chi connectivity index (χ1n) is 11.5. The molecule has 0 saturated carbocycles. The van der Waals surface area contributed by atoms with Crippen LogP contribution in [0, 0.1) is 0 Å². The summed E-state index contributed by atoms with van der Waals surface area (Å²) in [6.07, 6.45) is -2.42. The zero-order valence-corrected chi connectivity index (χ0v) is 21.9. The molecule has 1 fully saturated rings. The molecule has 4 aromatic rings. The number of nitrogens with two attached hydrogens (primary N) is 1. The number of imidazole rings is 2. The van der Waals surface area contributed by atoms with Crippen LogP contribution in [0.2, 0.25) is 0 Å². The van der Waals surface area contributed by atoms with E-state index < -0.39 is 59.0 Å². The molecule has 0 aliphatic carbocycles. The smallest absolute Gasteiger partial charge is 0.387 e. The molecule has 3 unspecified atom stereocenters. The van der Waals surface area contributed by atoms with Gasteiger partial charge in [-0.05, 0) is 0 Å². The van der Waals surface area contributed by atoms with E-state index in [-0.39, 0.29) is 36.1 Å². The Morgan fingerprint density at radius 1 is 1.10 bits per heavy atom. The largest absolute Gasteiger partial charge is 0.473 e. The highest BCUT2D eigenvalue weighted by molar-refractivity contribution is 7.47. The molecule has 4 aromatic heterocycles. The molecular weight excluding hydrogens is 580 g/mol. The molecule has 0 radical (unpaired) electrons. The number of aromatic nitrogens is 8. The fourth-order valence-corrected chi connectivity index (χ4v) is 5.97. The van der Waals surface area contributed by atoms with Gasteiger partial charge in [0.05, 0.1) is 25.7 Å². The molecule has 0 spiro atoms. The molecule has 6 rings (SSSR count). The summed E-state index contributed by atoms with van der Waals surface area (Å²) in [4.78, 5) is 55.6. The Kier molecular flexibility index (Phi) is 6.78. The number of nitrogens with one attached hydrogen (secondary N) is 1. The van der Waals surface area contributed by atoms with Crippen molar-refractivity contribution in [3.05, 3.63) is 35.0 Å². The Morgan fingerprint density at radius 2 is 1.93 bits per heavy atom. The quantitative estimate of drug-likeness (QED) is 0.163. The monoisotopic (exact) mass is 601 g/mol. The fraction of sp³-hybridized carbons (Fsp3) is 0.444. The van der Waals surface area contributed by atoms with Gasteiger partial charge < -0.3 is 29.9 Å². The van der Waals surface area contributed by atoms with Crippen molar-refractivity contribution in [3.8, 4) is 0 Å². The highest BCUT2D eigenvalue weighted by Crippen LogP contribution is 2.51. The topological polar surface area (TPSA) is 274 Å². The molecule has 20 nitrogen and oxygen atoms in total. The van der Waals surface area contributed by atoms with Crippen molar-refractivity contribution in [1.29, 1.82) is 0 Å². The summed E-state index contributed by atoms with van der Waals surface area (Å²) in [7, 11) is -9.62. The molecule has 6 N–H and O–H groups in total. The van der Waals surface area contributed by atoms with Gasteiger partial charge in [0.15, 0.2) is 23.0 Å². The number of aliphatic hydroxyl groups excluding tert-OH is 1. The molecule has 2 aliphatic heterocycles. The van der Waals surface area contributed by atoms with Crippen molar-refractivity contribution in [1.82, 2.24) is 39.0 Å². The van der Waals surface area contributed by atoms with Gasteiger partial charge in [-0.25, -0.2) is 29.1 Å². The molecule has 6 atom stereocenters. The summed E-state index contributed by atoms with van der Waals surface area (Å²) in [6.45, 7) is -1.69. The summed E-state index contributed by atoms with van der Waals surface area (Å²) in [5.74, 6) is -0.163. The lowest BCUT2D eigenvalue weighted by molar-refractivity contribution is -0.0520. The number of H-pyrrole nitrogens is 1. The minimum absolute atomic E-state index is 0.0626. The lowest BCUT2D eigenvalue weighted by atomic mass is 10.1. The van der Waals surface area contributed by atoms with Crippen molar-refractivity contribution in [2.24, 2.45) is 0 Å². The van der Waals surface area contributed by atoms with E-state index >= 15 is 0 Å². The number of aromatic amines is 1. The third-order valence-corrected chi connectivity index (χ3v) is 8.06. The van der Waals surface area contributed by atoms with Crippen molar-refractivity contribution in [2.75, 3.05) is 18.9 Å². The highest BCUT2D eigenvalue weighted by atomic mass is 31.2. The predicted molar refractivity (Wildman–Crippen MR) is 129 cm³/mol. The van der Waals surface area contributed by atoms with Crippen LogP contribution in [-0.2, 0) is 45.1 Å². The summed E-state index contributed by atoms with van der Waals surface area (Å²) < 4.78 is 54.6. The Hall–Kier alpha value is -3.16. The standard InChI is InChI=1S/C18H21N9O11P2/c19-18-24-15-11(16(29)25-18)22-7-27(15)17-13-12(28)9(37-17)4-35-39(30,31)34-2-1-26-10(5-36-40(32,33)38-13)23-8-3-20-6-21-14(8)26/h3,6-7,9,12-13,17,28H,1-2,4-5H2,(H,30,31)(H,32,33)(H3,19,24,25,29)/t9-,12-,13-,17?/m1/s1. The van der Waals surface area contributed by atoms with Crippen molar-refractivity contribution in [2.45, 2.75) is 37.7 Å². The van der Waals surface area contributed by atoms with E-state index in [2.05, 4.69) is 29.9 Å². The minimum atomic E-state index is -4.95. The molecule has 0 amide bonds. The maximum Gasteiger partial charge on any atom is 0.473 e. The Bertz CT molecular complexity index is 1740. The van der Waals surface area contributed by atoms with Crippen molar-refractivity contribution < 1.29 is 46.9 Å². The van der Waals surface area contributed by atoms with Gasteiger partial charge in [-0.15, -0.1) is 0 Å². The van der Waals surface area contributed by atoms with Gasteiger partial charge in [0, 0.05) is 6.54 Å². The van der Waals surface area contributed by atoms with Gasteiger partial charge in [0.2, 0.25) is 5.95 Å². The number of nitrogen functional groups attached to an aromatic ring is 1. The Labute approximate surface area is 221 Å². The third kappa shape index (κ3) is 5.06. The number of aliphatic hydroxyl groups is 1. The second-order valence-corrected chi connectivity index (χ2v) is 11.5. The van der Waals surface area contributed by atoms with Crippen LogP contribution in [0.5, 0.6) is 0 Å². The first kappa shape index (κ1) is 27.0. The van der Waals surface area contributed by atoms with E-state index in [1.165, 1.54) is 17.1 Å². The van der Waals surface area contributed by atoms with Crippen LogP contribution in [-0.4, -0.2) is 85.5 Å². The summed E-state index contributed by atoms with van der Waals surface area (Å²) >= 11 is 0. The van der Waals surface area contributed by atoms with Crippen LogP contribution in [0.3, 0.4) is 0 Å². The Balaban J connectivity index is 1.38. The van der Waals surface area contributed by atoms with Crippen LogP contribution >= 0.6 is 15.6 Å². The molecule has 214 valence electrons. The number of ether oxygens (including phenoxy) is 1. The lowest BCUT2D eigenvalue weighted by Crippen LogP contribution is -2.35. The van der Waals surface area contributed by atoms with Gasteiger partial charge >= 0.3 is 15.6 Å². The van der Waals surface area contributed by atoms with Gasteiger partial charge in [-0.3, -0.25) is 32.4 Å². The van der Waals surface area contributed by atoms with E-state index in [1.54, 1.807) is 0 Å². The highest BCUT2D eigenvalue weighted by Gasteiger charge is 2.50. The van der Waals surface area contributed by atoms with Crippen LogP contribution in [0.4, 0.5) is 5.95 Å². The number of fused-ring (bicyclic) bond motifs is 6. The SMILES string of the molecule is Nc1nc2c(ncn2C2O[C@@H]3COP(=O)(O)OCCn4c(nc5cncnc54)COP(=O)(O)O[C@@H]2[C@@H]3O)c(=O)[nH]1. The first-order chi connectivity index (χ1) is 19.0. The van der Waals surface area contributed by atoms with Crippen LogP contribution < -0.4 is 11.3 Å². The number of anilines is 1. The van der Waals surface area contributed by atoms with Gasteiger partial charge in [0.25, 0.3) is 5.56 Å². The molecule has 2 bridgehead atoms. The summed E-state index contributed by atoms with van der Waals surface area (Å²) in [5, 5.41) is 11.0. The van der Waals surface area contributed by atoms with Gasteiger partial charge in [-0.1, -0.05) is 0 Å². The zero-order valence-electron chi connectivity index (χ0n) is 20.1. The number of hydrogen-bond donors (Lipinski definition) is 5. The molecule has 2 aliphatic rings.